The lowest BCUT2D eigenvalue weighted by Crippen LogP contribution is -2.67. The highest BCUT2D eigenvalue weighted by atomic mass is 16.6. The van der Waals surface area contributed by atoms with Crippen molar-refractivity contribution in [2.75, 3.05) is 0 Å². The lowest BCUT2D eigenvalue weighted by atomic mass is 9.50. The number of rotatable bonds is 4. The van der Waals surface area contributed by atoms with E-state index in [0.717, 1.165) is 24.8 Å². The van der Waals surface area contributed by atoms with E-state index < -0.39 is 11.0 Å². The maximum Gasteiger partial charge on any atom is 0.331 e. The molecule has 0 amide bonds. The van der Waals surface area contributed by atoms with Crippen LogP contribution in [0.15, 0.2) is 36.4 Å². The zero-order valence-electron chi connectivity index (χ0n) is 19.2. The first-order valence-electron chi connectivity index (χ1n) is 11.4. The molecule has 1 heterocycles. The van der Waals surface area contributed by atoms with Crippen LogP contribution in [0.5, 0.6) is 0 Å². The SMILES string of the molecule is CC(=O)O[C@H]1CC[C@@H](C)[C@@]23C[C@@H](C[C@H](OC(=O)C=Cc4ccccc4)[C@]12C)C(C)(C)O3. The van der Waals surface area contributed by atoms with E-state index >= 15 is 0 Å². The zero-order valence-corrected chi connectivity index (χ0v) is 19.2. The van der Waals surface area contributed by atoms with Gasteiger partial charge in [0.25, 0.3) is 0 Å². The van der Waals surface area contributed by atoms with Crippen molar-refractivity contribution in [3.05, 3.63) is 42.0 Å². The number of hydrogen-bond acceptors (Lipinski definition) is 5. The van der Waals surface area contributed by atoms with Gasteiger partial charge < -0.3 is 14.2 Å². The van der Waals surface area contributed by atoms with Crippen LogP contribution in [-0.4, -0.2) is 35.3 Å². The normalized spacial score (nSPS) is 38.5. The summed E-state index contributed by atoms with van der Waals surface area (Å²) in [5, 5.41) is 0. The highest BCUT2D eigenvalue weighted by Crippen LogP contribution is 2.66. The van der Waals surface area contributed by atoms with Crippen molar-refractivity contribution in [3.63, 3.8) is 0 Å². The average Bonchev–Trinajstić information content (AvgIpc) is 2.95. The molecular weight excluding hydrogens is 392 g/mol. The second-order valence-electron chi connectivity index (χ2n) is 10.3. The monoisotopic (exact) mass is 426 g/mol. The summed E-state index contributed by atoms with van der Waals surface area (Å²) < 4.78 is 18.8. The molecule has 1 aromatic carbocycles. The molecular formula is C26H34O5. The smallest absolute Gasteiger partial charge is 0.331 e. The molecule has 5 nitrogen and oxygen atoms in total. The van der Waals surface area contributed by atoms with Gasteiger partial charge in [0.2, 0.25) is 0 Å². The Morgan fingerprint density at radius 1 is 1.06 bits per heavy atom. The number of esters is 2. The average molecular weight is 427 g/mol. The van der Waals surface area contributed by atoms with E-state index in [4.69, 9.17) is 14.2 Å². The number of hydrogen-bond donors (Lipinski definition) is 0. The number of carbonyl (C=O) groups is 2. The summed E-state index contributed by atoms with van der Waals surface area (Å²) in [5.74, 6) is -0.0987. The van der Waals surface area contributed by atoms with Crippen molar-refractivity contribution in [1.82, 2.24) is 0 Å². The molecule has 1 aromatic rings. The largest absolute Gasteiger partial charge is 0.462 e. The molecule has 6 atom stereocenters. The number of ether oxygens (including phenoxy) is 3. The van der Waals surface area contributed by atoms with E-state index in [9.17, 15) is 9.59 Å². The molecule has 0 N–H and O–H groups in total. The second-order valence-corrected chi connectivity index (χ2v) is 10.3. The Balaban J connectivity index is 1.66. The lowest BCUT2D eigenvalue weighted by Gasteiger charge is -2.60. The van der Waals surface area contributed by atoms with Gasteiger partial charge in [0.15, 0.2) is 0 Å². The maximum absolute atomic E-state index is 12.8. The molecule has 2 aliphatic carbocycles. The summed E-state index contributed by atoms with van der Waals surface area (Å²) in [5.41, 5.74) is -0.448. The van der Waals surface area contributed by atoms with Crippen molar-refractivity contribution in [2.24, 2.45) is 17.3 Å². The van der Waals surface area contributed by atoms with Crippen LogP contribution in [0.3, 0.4) is 0 Å². The minimum atomic E-state index is -0.600. The third-order valence-corrected chi connectivity index (χ3v) is 8.16. The third-order valence-electron chi connectivity index (χ3n) is 8.16. The van der Waals surface area contributed by atoms with Crippen molar-refractivity contribution < 1.29 is 23.8 Å². The summed E-state index contributed by atoms with van der Waals surface area (Å²) in [6.45, 7) is 10.0. The Morgan fingerprint density at radius 3 is 2.45 bits per heavy atom. The number of benzene rings is 1. The van der Waals surface area contributed by atoms with Gasteiger partial charge in [0, 0.05) is 13.0 Å². The van der Waals surface area contributed by atoms with E-state index in [1.807, 2.05) is 30.3 Å². The van der Waals surface area contributed by atoms with Crippen LogP contribution in [0.25, 0.3) is 6.08 Å². The van der Waals surface area contributed by atoms with Gasteiger partial charge in [0.05, 0.1) is 16.6 Å². The molecule has 1 aliphatic heterocycles. The van der Waals surface area contributed by atoms with Crippen molar-refractivity contribution in [1.29, 1.82) is 0 Å². The van der Waals surface area contributed by atoms with Crippen LogP contribution < -0.4 is 0 Å². The molecule has 5 heteroatoms. The highest BCUT2D eigenvalue weighted by molar-refractivity contribution is 5.87. The summed E-state index contributed by atoms with van der Waals surface area (Å²) >= 11 is 0. The molecule has 0 aromatic heterocycles. The quantitative estimate of drug-likeness (QED) is 0.504. The first kappa shape index (κ1) is 22.1. The van der Waals surface area contributed by atoms with Gasteiger partial charge in [-0.15, -0.1) is 0 Å². The number of fused-ring (bicyclic) bond motifs is 1. The second kappa shape index (κ2) is 7.77. The van der Waals surface area contributed by atoms with Crippen LogP contribution in [0.2, 0.25) is 0 Å². The Labute approximate surface area is 185 Å². The van der Waals surface area contributed by atoms with E-state index in [2.05, 4.69) is 27.7 Å². The summed E-state index contributed by atoms with van der Waals surface area (Å²) in [4.78, 5) is 24.8. The molecule has 4 rings (SSSR count). The Hall–Kier alpha value is -2.14. The molecule has 3 aliphatic rings. The Kier molecular flexibility index (Phi) is 5.53. The zero-order chi connectivity index (χ0) is 22.4. The summed E-state index contributed by atoms with van der Waals surface area (Å²) in [6, 6.07) is 9.69. The molecule has 3 fully saturated rings. The third kappa shape index (κ3) is 3.61. The summed E-state index contributed by atoms with van der Waals surface area (Å²) in [6.07, 6.45) is 5.82. The molecule has 2 bridgehead atoms. The van der Waals surface area contributed by atoms with E-state index in [1.165, 1.54) is 13.0 Å². The number of carbonyl (C=O) groups excluding carboxylic acids is 2. The van der Waals surface area contributed by atoms with Crippen molar-refractivity contribution in [2.45, 2.75) is 83.7 Å². The fraction of sp³-hybridized carbons (Fsp3) is 0.615. The van der Waals surface area contributed by atoms with Crippen LogP contribution in [0, 0.1) is 17.3 Å². The van der Waals surface area contributed by atoms with Crippen LogP contribution in [-0.2, 0) is 23.8 Å². The Bertz CT molecular complexity index is 875. The molecule has 0 unspecified atom stereocenters. The van der Waals surface area contributed by atoms with Gasteiger partial charge in [-0.1, -0.05) is 37.3 Å². The predicted molar refractivity (Wildman–Crippen MR) is 118 cm³/mol. The fourth-order valence-electron chi connectivity index (χ4n) is 6.39. The van der Waals surface area contributed by atoms with Crippen LogP contribution in [0.1, 0.15) is 65.9 Å². The molecule has 0 radical (unpaired) electrons. The molecule has 1 spiro atoms. The Morgan fingerprint density at radius 2 is 1.77 bits per heavy atom. The minimum Gasteiger partial charge on any atom is -0.462 e. The van der Waals surface area contributed by atoms with Crippen molar-refractivity contribution >= 4 is 18.0 Å². The fourth-order valence-corrected chi connectivity index (χ4v) is 6.39. The minimum absolute atomic E-state index is 0.287. The highest BCUT2D eigenvalue weighted by Gasteiger charge is 2.73. The van der Waals surface area contributed by atoms with Gasteiger partial charge in [-0.05, 0) is 69.9 Å². The molecule has 1 saturated heterocycles. The lowest BCUT2D eigenvalue weighted by molar-refractivity contribution is -0.261. The van der Waals surface area contributed by atoms with E-state index in [1.54, 1.807) is 6.08 Å². The van der Waals surface area contributed by atoms with E-state index in [0.29, 0.717) is 6.42 Å². The standard InChI is InChI=1S/C26H34O5/c1-17-11-13-21(29-18(2)27)25(5)22(15-20-16-26(17,25)31-24(20,3)4)30-23(28)14-12-19-9-7-6-8-10-19/h6-10,12,14,17,20-22H,11,13,15-16H2,1-5H3/t17-,20-,21+,22+,25+,26+/m1/s1. The molecule has 31 heavy (non-hydrogen) atoms. The maximum atomic E-state index is 12.8. The van der Waals surface area contributed by atoms with Crippen LogP contribution >= 0.6 is 0 Å². The van der Waals surface area contributed by atoms with Gasteiger partial charge in [-0.3, -0.25) is 4.79 Å². The van der Waals surface area contributed by atoms with Gasteiger partial charge in [-0.2, -0.15) is 0 Å². The van der Waals surface area contributed by atoms with E-state index in [-0.39, 0.29) is 41.6 Å². The molecule has 168 valence electrons. The van der Waals surface area contributed by atoms with Gasteiger partial charge in [0.1, 0.15) is 12.2 Å². The predicted octanol–water partition coefficient (Wildman–Crippen LogP) is 4.94. The first-order valence-corrected chi connectivity index (χ1v) is 11.4. The van der Waals surface area contributed by atoms with Crippen molar-refractivity contribution in [3.8, 4) is 0 Å². The van der Waals surface area contributed by atoms with Gasteiger partial charge >= 0.3 is 11.9 Å². The topological polar surface area (TPSA) is 61.8 Å². The van der Waals surface area contributed by atoms with Crippen LogP contribution in [0.4, 0.5) is 0 Å². The summed E-state index contributed by atoms with van der Waals surface area (Å²) in [7, 11) is 0. The van der Waals surface area contributed by atoms with Gasteiger partial charge in [-0.25, -0.2) is 4.79 Å². The molecule has 2 saturated carbocycles. The first-order chi connectivity index (χ1) is 14.6.